The Labute approximate surface area is 101 Å². The fourth-order valence-electron chi connectivity index (χ4n) is 2.27. The number of H-pyrrole nitrogens is 1. The summed E-state index contributed by atoms with van der Waals surface area (Å²) in [5.74, 6) is 0. The molecule has 17 heavy (non-hydrogen) atoms. The van der Waals surface area contributed by atoms with Crippen molar-refractivity contribution in [1.82, 2.24) is 4.98 Å². The summed E-state index contributed by atoms with van der Waals surface area (Å²) >= 11 is 0. The van der Waals surface area contributed by atoms with Crippen LogP contribution < -0.4 is 0 Å². The van der Waals surface area contributed by atoms with Crippen molar-refractivity contribution in [2.75, 3.05) is 0 Å². The minimum Gasteiger partial charge on any atom is -0.361 e. The Morgan fingerprint density at radius 1 is 1.00 bits per heavy atom. The van der Waals surface area contributed by atoms with Gasteiger partial charge in [-0.15, -0.1) is 0 Å². The van der Waals surface area contributed by atoms with Crippen molar-refractivity contribution in [2.24, 2.45) is 0 Å². The summed E-state index contributed by atoms with van der Waals surface area (Å²) in [6, 6.07) is 17.2. The van der Waals surface area contributed by atoms with Gasteiger partial charge in [0.15, 0.2) is 0 Å². The summed E-state index contributed by atoms with van der Waals surface area (Å²) in [5, 5.41) is 1.29. The first-order valence-corrected chi connectivity index (χ1v) is 6.04. The van der Waals surface area contributed by atoms with E-state index in [0.717, 1.165) is 6.42 Å². The molecule has 2 aromatic carbocycles. The standard InChI is InChI=1S/C16H15N/c1-2-12-6-5-7-13(10-12)15-11-17-16-9-4-3-8-14(15)16/h3-11,17H,2H2,1H3. The van der Waals surface area contributed by atoms with Gasteiger partial charge in [-0.2, -0.15) is 0 Å². The largest absolute Gasteiger partial charge is 0.361 e. The molecule has 0 saturated carbocycles. The Hall–Kier alpha value is -2.02. The molecule has 0 bridgehead atoms. The predicted octanol–water partition coefficient (Wildman–Crippen LogP) is 4.40. The fourth-order valence-corrected chi connectivity index (χ4v) is 2.27. The molecular weight excluding hydrogens is 206 g/mol. The molecule has 0 fully saturated rings. The third-order valence-electron chi connectivity index (χ3n) is 3.24. The lowest BCUT2D eigenvalue weighted by molar-refractivity contribution is 1.14. The van der Waals surface area contributed by atoms with Crippen LogP contribution in [0.5, 0.6) is 0 Å². The molecule has 0 spiro atoms. The van der Waals surface area contributed by atoms with Gasteiger partial charge in [-0.3, -0.25) is 0 Å². The van der Waals surface area contributed by atoms with Crippen LogP contribution in [0.25, 0.3) is 22.0 Å². The van der Waals surface area contributed by atoms with Crippen LogP contribution in [0.2, 0.25) is 0 Å². The maximum absolute atomic E-state index is 3.32. The normalized spacial score (nSPS) is 10.9. The van der Waals surface area contributed by atoms with E-state index in [1.54, 1.807) is 0 Å². The second-order valence-electron chi connectivity index (χ2n) is 4.30. The van der Waals surface area contributed by atoms with Gasteiger partial charge in [0.2, 0.25) is 0 Å². The van der Waals surface area contributed by atoms with Gasteiger partial charge in [-0.25, -0.2) is 0 Å². The summed E-state index contributed by atoms with van der Waals surface area (Å²) in [6.45, 7) is 2.19. The molecule has 1 heterocycles. The smallest absolute Gasteiger partial charge is 0.0460 e. The van der Waals surface area contributed by atoms with Crippen molar-refractivity contribution < 1.29 is 0 Å². The molecule has 0 atom stereocenters. The maximum Gasteiger partial charge on any atom is 0.0460 e. The molecule has 0 radical (unpaired) electrons. The SMILES string of the molecule is CCc1cccc(-c2c[nH]c3ccccc23)c1. The Morgan fingerprint density at radius 2 is 1.88 bits per heavy atom. The first-order valence-electron chi connectivity index (χ1n) is 6.04. The number of aromatic nitrogens is 1. The molecule has 1 N–H and O–H groups in total. The van der Waals surface area contributed by atoms with E-state index in [1.165, 1.54) is 27.6 Å². The van der Waals surface area contributed by atoms with Gasteiger partial charge in [0.1, 0.15) is 0 Å². The first kappa shape index (κ1) is 10.2. The van der Waals surface area contributed by atoms with Crippen LogP contribution >= 0.6 is 0 Å². The number of fused-ring (bicyclic) bond motifs is 1. The van der Waals surface area contributed by atoms with Gasteiger partial charge in [-0.1, -0.05) is 49.4 Å². The van der Waals surface area contributed by atoms with Crippen LogP contribution in [0.1, 0.15) is 12.5 Å². The van der Waals surface area contributed by atoms with E-state index < -0.39 is 0 Å². The van der Waals surface area contributed by atoms with Crippen LogP contribution in [-0.2, 0) is 6.42 Å². The van der Waals surface area contributed by atoms with Crippen molar-refractivity contribution in [3.05, 3.63) is 60.3 Å². The number of hydrogen-bond donors (Lipinski definition) is 1. The minimum atomic E-state index is 1.08. The molecule has 1 aromatic heterocycles. The number of rotatable bonds is 2. The van der Waals surface area contributed by atoms with Crippen molar-refractivity contribution in [2.45, 2.75) is 13.3 Å². The zero-order chi connectivity index (χ0) is 11.7. The molecule has 3 rings (SSSR count). The number of aryl methyl sites for hydroxylation is 1. The molecule has 3 aromatic rings. The number of hydrogen-bond acceptors (Lipinski definition) is 0. The van der Waals surface area contributed by atoms with Gasteiger partial charge in [0.25, 0.3) is 0 Å². The lowest BCUT2D eigenvalue weighted by Gasteiger charge is -2.02. The van der Waals surface area contributed by atoms with E-state index >= 15 is 0 Å². The lowest BCUT2D eigenvalue weighted by Crippen LogP contribution is -1.81. The van der Waals surface area contributed by atoms with Crippen molar-refractivity contribution in [3.63, 3.8) is 0 Å². The van der Waals surface area contributed by atoms with Gasteiger partial charge in [0, 0.05) is 22.7 Å². The van der Waals surface area contributed by atoms with E-state index in [2.05, 4.69) is 66.6 Å². The van der Waals surface area contributed by atoms with Crippen molar-refractivity contribution in [3.8, 4) is 11.1 Å². The van der Waals surface area contributed by atoms with Crippen LogP contribution in [0, 0.1) is 0 Å². The summed E-state index contributed by atoms with van der Waals surface area (Å²) in [6.07, 6.45) is 3.18. The topological polar surface area (TPSA) is 15.8 Å². The fraction of sp³-hybridized carbons (Fsp3) is 0.125. The van der Waals surface area contributed by atoms with Crippen LogP contribution in [0.4, 0.5) is 0 Å². The van der Waals surface area contributed by atoms with E-state index in [0.29, 0.717) is 0 Å². The zero-order valence-corrected chi connectivity index (χ0v) is 9.90. The summed E-state index contributed by atoms with van der Waals surface area (Å²) in [7, 11) is 0. The highest BCUT2D eigenvalue weighted by molar-refractivity contribution is 5.95. The molecule has 1 heteroatoms. The highest BCUT2D eigenvalue weighted by atomic mass is 14.7. The minimum absolute atomic E-state index is 1.08. The Bertz CT molecular complexity index is 649. The third kappa shape index (κ3) is 1.74. The van der Waals surface area contributed by atoms with E-state index in [9.17, 15) is 0 Å². The lowest BCUT2D eigenvalue weighted by atomic mass is 10.0. The predicted molar refractivity (Wildman–Crippen MR) is 73.1 cm³/mol. The molecule has 84 valence electrons. The van der Waals surface area contributed by atoms with Crippen LogP contribution in [-0.4, -0.2) is 4.98 Å². The highest BCUT2D eigenvalue weighted by Gasteiger charge is 2.05. The maximum atomic E-state index is 3.32. The number of nitrogens with one attached hydrogen (secondary N) is 1. The second kappa shape index (κ2) is 4.10. The van der Waals surface area contributed by atoms with Gasteiger partial charge in [-0.05, 0) is 23.6 Å². The van der Waals surface area contributed by atoms with Crippen molar-refractivity contribution >= 4 is 10.9 Å². The number of aromatic amines is 1. The first-order chi connectivity index (χ1) is 8.38. The van der Waals surface area contributed by atoms with Crippen LogP contribution in [0.15, 0.2) is 54.7 Å². The molecule has 1 nitrogen and oxygen atoms in total. The van der Waals surface area contributed by atoms with E-state index in [1.807, 2.05) is 0 Å². The summed E-state index contributed by atoms with van der Waals surface area (Å²) in [5.41, 5.74) is 5.16. The number of para-hydroxylation sites is 1. The second-order valence-corrected chi connectivity index (χ2v) is 4.30. The van der Waals surface area contributed by atoms with E-state index in [4.69, 9.17) is 0 Å². The quantitative estimate of drug-likeness (QED) is 0.660. The summed E-state index contributed by atoms with van der Waals surface area (Å²) < 4.78 is 0. The van der Waals surface area contributed by atoms with Crippen LogP contribution in [0.3, 0.4) is 0 Å². The highest BCUT2D eigenvalue weighted by Crippen LogP contribution is 2.28. The monoisotopic (exact) mass is 221 g/mol. The molecular formula is C16H15N. The number of benzene rings is 2. The van der Waals surface area contributed by atoms with E-state index in [-0.39, 0.29) is 0 Å². The van der Waals surface area contributed by atoms with Crippen molar-refractivity contribution in [1.29, 1.82) is 0 Å². The van der Waals surface area contributed by atoms with Gasteiger partial charge < -0.3 is 4.98 Å². The Morgan fingerprint density at radius 3 is 2.76 bits per heavy atom. The molecule has 0 saturated heterocycles. The average Bonchev–Trinajstić information content (AvgIpc) is 2.82. The Balaban J connectivity index is 2.20. The molecule has 0 aliphatic rings. The third-order valence-corrected chi connectivity index (χ3v) is 3.24. The Kier molecular flexibility index (Phi) is 2.45. The molecule has 0 aliphatic heterocycles. The molecule has 0 aliphatic carbocycles. The molecule has 0 unspecified atom stereocenters. The average molecular weight is 221 g/mol. The zero-order valence-electron chi connectivity index (χ0n) is 9.90. The van der Waals surface area contributed by atoms with Gasteiger partial charge >= 0.3 is 0 Å². The summed E-state index contributed by atoms with van der Waals surface area (Å²) in [4.78, 5) is 3.32. The molecule has 0 amide bonds. The van der Waals surface area contributed by atoms with Gasteiger partial charge in [0.05, 0.1) is 0 Å².